The van der Waals surface area contributed by atoms with Gasteiger partial charge in [-0.25, -0.2) is 0 Å². The van der Waals surface area contributed by atoms with E-state index in [1.807, 2.05) is 55.6 Å². The van der Waals surface area contributed by atoms with Crippen molar-refractivity contribution < 1.29 is 4.79 Å². The van der Waals surface area contributed by atoms with Crippen LogP contribution in [0.5, 0.6) is 0 Å². The van der Waals surface area contributed by atoms with Gasteiger partial charge >= 0.3 is 0 Å². The molecule has 3 aromatic rings. The Kier molecular flexibility index (Phi) is 6.45. The van der Waals surface area contributed by atoms with E-state index in [1.165, 1.54) is 11.3 Å². The van der Waals surface area contributed by atoms with Crippen molar-refractivity contribution in [2.45, 2.75) is 12.6 Å². The fraction of sp³-hybridized carbons (Fsp3) is 0.190. The van der Waals surface area contributed by atoms with Crippen LogP contribution in [0.25, 0.3) is 0 Å². The summed E-state index contributed by atoms with van der Waals surface area (Å²) in [6.07, 6.45) is 0. The van der Waals surface area contributed by atoms with Crippen LogP contribution in [0, 0.1) is 0 Å². The van der Waals surface area contributed by atoms with Crippen LogP contribution in [0.4, 0.5) is 0 Å². The molecule has 2 aromatic carbocycles. The summed E-state index contributed by atoms with van der Waals surface area (Å²) in [5.74, 6) is 0.0476. The molecule has 5 heteroatoms. The van der Waals surface area contributed by atoms with E-state index in [2.05, 4.69) is 29.6 Å². The van der Waals surface area contributed by atoms with Gasteiger partial charge in [-0.3, -0.25) is 10.1 Å². The number of nitrogens with one attached hydrogen (secondary N) is 1. The lowest BCUT2D eigenvalue weighted by Gasteiger charge is -2.22. The molecule has 0 fully saturated rings. The molecule has 1 heterocycles. The lowest BCUT2D eigenvalue weighted by Crippen LogP contribution is -2.37. The number of hydrogen-bond acceptors (Lipinski definition) is 3. The Hall–Kier alpha value is -2.14. The van der Waals surface area contributed by atoms with E-state index < -0.39 is 0 Å². The molecule has 0 aliphatic rings. The predicted molar refractivity (Wildman–Crippen MR) is 109 cm³/mol. The van der Waals surface area contributed by atoms with E-state index in [9.17, 15) is 4.79 Å². The Morgan fingerprint density at radius 3 is 2.08 bits per heavy atom. The van der Waals surface area contributed by atoms with Crippen molar-refractivity contribution in [2.24, 2.45) is 0 Å². The number of nitrogens with zero attached hydrogens (tertiary/aromatic N) is 1. The fourth-order valence-corrected chi connectivity index (χ4v) is 3.94. The topological polar surface area (TPSA) is 32.3 Å². The molecule has 3 rings (SSSR count). The largest absolute Gasteiger partial charge is 0.340 e. The van der Waals surface area contributed by atoms with Gasteiger partial charge in [0.05, 0.1) is 23.5 Å². The molecule has 0 spiro atoms. The molecule has 134 valence electrons. The standard InChI is InChI=1S/C21H21ClN2OS/c1-24(15-18-12-13-19(22)26-18)20(25)14-23-21(16-8-4-2-5-9-16)17-10-6-3-7-11-17/h2-13,21,23H,14-15H2,1H3. The smallest absolute Gasteiger partial charge is 0.236 e. The zero-order chi connectivity index (χ0) is 18.4. The lowest BCUT2D eigenvalue weighted by molar-refractivity contribution is -0.129. The number of thiophene rings is 1. The highest BCUT2D eigenvalue weighted by atomic mass is 35.5. The minimum Gasteiger partial charge on any atom is -0.340 e. The molecule has 0 aliphatic heterocycles. The maximum atomic E-state index is 12.6. The molecular weight excluding hydrogens is 364 g/mol. The van der Waals surface area contributed by atoms with Crippen LogP contribution < -0.4 is 5.32 Å². The lowest BCUT2D eigenvalue weighted by atomic mass is 9.99. The summed E-state index contributed by atoms with van der Waals surface area (Å²) < 4.78 is 0.743. The maximum Gasteiger partial charge on any atom is 0.236 e. The van der Waals surface area contributed by atoms with E-state index in [-0.39, 0.29) is 18.5 Å². The minimum absolute atomic E-state index is 0.0223. The van der Waals surface area contributed by atoms with Crippen molar-refractivity contribution >= 4 is 28.8 Å². The molecular formula is C21H21ClN2OS. The number of carbonyl (C=O) groups excluding carboxylic acids is 1. The second-order valence-corrected chi connectivity index (χ2v) is 7.89. The zero-order valence-electron chi connectivity index (χ0n) is 14.6. The summed E-state index contributed by atoms with van der Waals surface area (Å²) in [5, 5.41) is 3.41. The van der Waals surface area contributed by atoms with E-state index in [1.54, 1.807) is 4.90 Å². The quantitative estimate of drug-likeness (QED) is 0.638. The molecule has 0 atom stereocenters. The van der Waals surface area contributed by atoms with Crippen molar-refractivity contribution in [3.05, 3.63) is 93.1 Å². The average molecular weight is 385 g/mol. The van der Waals surface area contributed by atoms with E-state index >= 15 is 0 Å². The van der Waals surface area contributed by atoms with Crippen LogP contribution in [0.2, 0.25) is 4.34 Å². The second-order valence-electron chi connectivity index (χ2n) is 6.09. The van der Waals surface area contributed by atoms with E-state index in [0.717, 1.165) is 20.3 Å². The summed E-state index contributed by atoms with van der Waals surface area (Å²) in [6, 6.07) is 24.2. The molecule has 0 radical (unpaired) electrons. The minimum atomic E-state index is -0.0223. The monoisotopic (exact) mass is 384 g/mol. The van der Waals surface area contributed by atoms with Gasteiger partial charge in [-0.1, -0.05) is 72.3 Å². The molecule has 0 saturated carbocycles. The zero-order valence-corrected chi connectivity index (χ0v) is 16.1. The Morgan fingerprint density at radius 2 is 1.58 bits per heavy atom. The number of carbonyl (C=O) groups is 1. The van der Waals surface area contributed by atoms with Gasteiger partial charge in [-0.15, -0.1) is 11.3 Å². The van der Waals surface area contributed by atoms with Gasteiger partial charge in [-0.05, 0) is 23.3 Å². The number of benzene rings is 2. The van der Waals surface area contributed by atoms with Gasteiger partial charge < -0.3 is 4.90 Å². The SMILES string of the molecule is CN(Cc1ccc(Cl)s1)C(=O)CNC(c1ccccc1)c1ccccc1. The van der Waals surface area contributed by atoms with Crippen molar-refractivity contribution in [3.63, 3.8) is 0 Å². The summed E-state index contributed by atoms with van der Waals surface area (Å²) in [6.45, 7) is 0.837. The number of likely N-dealkylation sites (N-methyl/N-ethyl adjacent to an activating group) is 1. The summed E-state index contributed by atoms with van der Waals surface area (Å²) in [4.78, 5) is 15.4. The summed E-state index contributed by atoms with van der Waals surface area (Å²) in [7, 11) is 1.82. The molecule has 26 heavy (non-hydrogen) atoms. The van der Waals surface area contributed by atoms with Gasteiger partial charge in [0.1, 0.15) is 0 Å². The highest BCUT2D eigenvalue weighted by Gasteiger charge is 2.16. The molecule has 1 amide bonds. The third kappa shape index (κ3) is 4.94. The second kappa shape index (κ2) is 8.99. The third-order valence-corrected chi connectivity index (χ3v) is 5.39. The van der Waals surface area contributed by atoms with Crippen molar-refractivity contribution in [1.29, 1.82) is 0 Å². The van der Waals surface area contributed by atoms with Gasteiger partial charge in [-0.2, -0.15) is 0 Å². The normalized spacial score (nSPS) is 10.9. The molecule has 0 bridgehead atoms. The predicted octanol–water partition coefficient (Wildman–Crippen LogP) is 4.74. The Bertz CT molecular complexity index is 796. The van der Waals surface area contributed by atoms with Crippen molar-refractivity contribution in [3.8, 4) is 0 Å². The molecule has 0 saturated heterocycles. The fourth-order valence-electron chi connectivity index (χ4n) is 2.80. The van der Waals surface area contributed by atoms with Crippen LogP contribution in [0.15, 0.2) is 72.8 Å². The molecule has 1 aromatic heterocycles. The Morgan fingerprint density at radius 1 is 1.00 bits per heavy atom. The molecule has 0 aliphatic carbocycles. The first kappa shape index (κ1) is 18.6. The highest BCUT2D eigenvalue weighted by molar-refractivity contribution is 7.16. The van der Waals surface area contributed by atoms with E-state index in [4.69, 9.17) is 11.6 Å². The van der Waals surface area contributed by atoms with Crippen LogP contribution in [0.3, 0.4) is 0 Å². The van der Waals surface area contributed by atoms with Crippen LogP contribution >= 0.6 is 22.9 Å². The van der Waals surface area contributed by atoms with Gasteiger partial charge in [0.25, 0.3) is 0 Å². The van der Waals surface area contributed by atoms with Crippen molar-refractivity contribution in [2.75, 3.05) is 13.6 Å². The first-order valence-electron chi connectivity index (χ1n) is 8.45. The van der Waals surface area contributed by atoms with Gasteiger partial charge in [0.15, 0.2) is 0 Å². The first-order chi connectivity index (χ1) is 12.6. The molecule has 1 N–H and O–H groups in total. The van der Waals surface area contributed by atoms with E-state index in [0.29, 0.717) is 6.54 Å². The van der Waals surface area contributed by atoms with Crippen LogP contribution in [-0.2, 0) is 11.3 Å². The molecule has 0 unspecified atom stereocenters. The number of amides is 1. The van der Waals surface area contributed by atoms with Crippen molar-refractivity contribution in [1.82, 2.24) is 10.2 Å². The maximum absolute atomic E-state index is 12.6. The number of rotatable bonds is 7. The van der Waals surface area contributed by atoms with Crippen LogP contribution in [-0.4, -0.2) is 24.4 Å². The summed E-state index contributed by atoms with van der Waals surface area (Å²) in [5.41, 5.74) is 2.28. The summed E-state index contributed by atoms with van der Waals surface area (Å²) >= 11 is 7.47. The Labute approximate surface area is 163 Å². The number of halogens is 1. The first-order valence-corrected chi connectivity index (χ1v) is 9.64. The third-order valence-electron chi connectivity index (χ3n) is 4.17. The number of hydrogen-bond donors (Lipinski definition) is 1. The highest BCUT2D eigenvalue weighted by Crippen LogP contribution is 2.23. The van der Waals surface area contributed by atoms with Gasteiger partial charge in [0, 0.05) is 11.9 Å². The Balaban J connectivity index is 1.66. The van der Waals surface area contributed by atoms with Crippen LogP contribution in [0.1, 0.15) is 22.0 Å². The van der Waals surface area contributed by atoms with Gasteiger partial charge in [0.2, 0.25) is 5.91 Å². The molecule has 3 nitrogen and oxygen atoms in total. The average Bonchev–Trinajstić information content (AvgIpc) is 3.08.